The van der Waals surface area contributed by atoms with Gasteiger partial charge in [-0.1, -0.05) is 12.1 Å². The summed E-state index contributed by atoms with van der Waals surface area (Å²) in [6.07, 6.45) is 1.39. The van der Waals surface area contributed by atoms with Crippen molar-refractivity contribution in [2.75, 3.05) is 12.4 Å². The third-order valence-electron chi connectivity index (χ3n) is 2.65. The van der Waals surface area contributed by atoms with Crippen molar-refractivity contribution in [2.45, 2.75) is 18.9 Å². The van der Waals surface area contributed by atoms with Gasteiger partial charge in [-0.05, 0) is 24.5 Å². The molecular weight excluding hydrogens is 194 g/mol. The Balaban J connectivity index is 2.34. The first kappa shape index (κ1) is 9.83. The lowest BCUT2D eigenvalue weighted by Gasteiger charge is -2.25. The number of carboxylic acids is 1. The first-order chi connectivity index (χ1) is 7.22. The molecule has 2 rings (SSSR count). The fourth-order valence-corrected chi connectivity index (χ4v) is 1.85. The summed E-state index contributed by atoms with van der Waals surface area (Å²) in [7, 11) is 1.58. The smallest absolute Gasteiger partial charge is 0.326 e. The molecule has 0 aliphatic carbocycles. The lowest BCUT2D eigenvalue weighted by molar-refractivity contribution is -0.138. The van der Waals surface area contributed by atoms with E-state index in [0.717, 1.165) is 17.7 Å². The first-order valence-corrected chi connectivity index (χ1v) is 4.87. The van der Waals surface area contributed by atoms with Crippen molar-refractivity contribution in [3.05, 3.63) is 23.8 Å². The number of fused-ring (bicyclic) bond motifs is 1. The molecule has 2 N–H and O–H groups in total. The van der Waals surface area contributed by atoms with Crippen molar-refractivity contribution in [1.82, 2.24) is 0 Å². The number of benzene rings is 1. The van der Waals surface area contributed by atoms with Crippen LogP contribution in [0.2, 0.25) is 0 Å². The number of carbonyl (C=O) groups is 1. The summed E-state index contributed by atoms with van der Waals surface area (Å²) in [4.78, 5) is 10.9. The third-order valence-corrected chi connectivity index (χ3v) is 2.65. The Kier molecular flexibility index (Phi) is 2.49. The highest BCUT2D eigenvalue weighted by atomic mass is 16.5. The van der Waals surface area contributed by atoms with Gasteiger partial charge in [0.15, 0.2) is 0 Å². The zero-order valence-electron chi connectivity index (χ0n) is 8.49. The van der Waals surface area contributed by atoms with Gasteiger partial charge in [0.25, 0.3) is 0 Å². The lowest BCUT2D eigenvalue weighted by Crippen LogP contribution is -2.33. The van der Waals surface area contributed by atoms with Crippen molar-refractivity contribution in [1.29, 1.82) is 0 Å². The van der Waals surface area contributed by atoms with Crippen molar-refractivity contribution in [2.24, 2.45) is 0 Å². The van der Waals surface area contributed by atoms with E-state index in [1.165, 1.54) is 0 Å². The number of nitrogens with one attached hydrogen (secondary N) is 1. The quantitative estimate of drug-likeness (QED) is 0.771. The monoisotopic (exact) mass is 207 g/mol. The number of hydrogen-bond donors (Lipinski definition) is 2. The van der Waals surface area contributed by atoms with Gasteiger partial charge in [0.05, 0.1) is 12.8 Å². The van der Waals surface area contributed by atoms with Gasteiger partial charge in [0.2, 0.25) is 0 Å². The molecule has 1 aliphatic rings. The van der Waals surface area contributed by atoms with Crippen molar-refractivity contribution < 1.29 is 14.6 Å². The van der Waals surface area contributed by atoms with Crippen LogP contribution in [0.3, 0.4) is 0 Å². The first-order valence-electron chi connectivity index (χ1n) is 4.87. The van der Waals surface area contributed by atoms with Gasteiger partial charge in [-0.15, -0.1) is 0 Å². The molecule has 1 aromatic rings. The summed E-state index contributed by atoms with van der Waals surface area (Å²) in [5.41, 5.74) is 1.94. The molecule has 1 heterocycles. The number of anilines is 1. The lowest BCUT2D eigenvalue weighted by atomic mass is 9.98. The van der Waals surface area contributed by atoms with E-state index in [9.17, 15) is 4.79 Å². The summed E-state index contributed by atoms with van der Waals surface area (Å²) >= 11 is 0. The van der Waals surface area contributed by atoms with E-state index in [4.69, 9.17) is 9.84 Å². The number of aliphatic carboxylic acids is 1. The minimum atomic E-state index is -0.813. The molecule has 4 nitrogen and oxygen atoms in total. The van der Waals surface area contributed by atoms with Crippen molar-refractivity contribution >= 4 is 11.7 Å². The SMILES string of the molecule is COc1cccc2c1NC(C(=O)O)CC2. The molecule has 1 unspecified atom stereocenters. The number of carboxylic acid groups (broad SMARTS) is 1. The van der Waals surface area contributed by atoms with Gasteiger partial charge in [0, 0.05) is 0 Å². The second-order valence-electron chi connectivity index (χ2n) is 3.57. The van der Waals surface area contributed by atoms with E-state index in [2.05, 4.69) is 5.32 Å². The van der Waals surface area contributed by atoms with Gasteiger partial charge >= 0.3 is 5.97 Å². The van der Waals surface area contributed by atoms with Gasteiger partial charge < -0.3 is 15.2 Å². The third kappa shape index (κ3) is 1.75. The molecule has 0 aromatic heterocycles. The summed E-state index contributed by atoms with van der Waals surface area (Å²) in [5.74, 6) is -0.106. The standard InChI is InChI=1S/C11H13NO3/c1-15-9-4-2-3-7-5-6-8(11(13)14)12-10(7)9/h2-4,8,12H,5-6H2,1H3,(H,13,14). The van der Waals surface area contributed by atoms with Crippen LogP contribution < -0.4 is 10.1 Å². The molecule has 80 valence electrons. The Bertz CT molecular complexity index is 375. The van der Waals surface area contributed by atoms with Crippen LogP contribution in [0, 0.1) is 0 Å². The van der Waals surface area contributed by atoms with Crippen LogP contribution in [-0.2, 0) is 11.2 Å². The Morgan fingerprint density at radius 3 is 3.07 bits per heavy atom. The molecule has 1 atom stereocenters. The van der Waals surface area contributed by atoms with Crippen LogP contribution in [0.25, 0.3) is 0 Å². The maximum absolute atomic E-state index is 10.9. The molecule has 15 heavy (non-hydrogen) atoms. The fourth-order valence-electron chi connectivity index (χ4n) is 1.85. The van der Waals surface area contributed by atoms with Crippen LogP contribution in [0.1, 0.15) is 12.0 Å². The van der Waals surface area contributed by atoms with Crippen molar-refractivity contribution in [3.8, 4) is 5.75 Å². The number of para-hydroxylation sites is 1. The van der Waals surface area contributed by atoms with Gasteiger partial charge in [-0.25, -0.2) is 4.79 Å². The van der Waals surface area contributed by atoms with Crippen LogP contribution in [0.4, 0.5) is 5.69 Å². The Morgan fingerprint density at radius 2 is 2.40 bits per heavy atom. The van der Waals surface area contributed by atoms with E-state index in [1.54, 1.807) is 7.11 Å². The fraction of sp³-hybridized carbons (Fsp3) is 0.364. The Labute approximate surface area is 87.9 Å². The second kappa shape index (κ2) is 3.81. The highest BCUT2D eigenvalue weighted by Gasteiger charge is 2.25. The average Bonchev–Trinajstić information content (AvgIpc) is 2.27. The molecular formula is C11H13NO3. The number of ether oxygens (including phenoxy) is 1. The minimum Gasteiger partial charge on any atom is -0.495 e. The Hall–Kier alpha value is -1.71. The highest BCUT2D eigenvalue weighted by molar-refractivity contribution is 5.80. The number of aryl methyl sites for hydroxylation is 1. The molecule has 0 spiro atoms. The van der Waals surface area contributed by atoms with Crippen LogP contribution in [-0.4, -0.2) is 24.2 Å². The van der Waals surface area contributed by atoms with Crippen molar-refractivity contribution in [3.63, 3.8) is 0 Å². The molecule has 0 saturated heterocycles. The molecule has 0 fully saturated rings. The van der Waals surface area contributed by atoms with E-state index >= 15 is 0 Å². The summed E-state index contributed by atoms with van der Waals surface area (Å²) in [5, 5.41) is 11.9. The molecule has 0 amide bonds. The molecule has 0 bridgehead atoms. The number of methoxy groups -OCH3 is 1. The molecule has 0 saturated carbocycles. The maximum atomic E-state index is 10.9. The molecule has 1 aliphatic heterocycles. The summed E-state index contributed by atoms with van der Waals surface area (Å²) < 4.78 is 5.19. The predicted molar refractivity (Wildman–Crippen MR) is 56.4 cm³/mol. The van der Waals surface area contributed by atoms with Crippen LogP contribution >= 0.6 is 0 Å². The van der Waals surface area contributed by atoms with E-state index in [1.807, 2.05) is 18.2 Å². The summed E-state index contributed by atoms with van der Waals surface area (Å²) in [6, 6.07) is 5.23. The predicted octanol–water partition coefficient (Wildman–Crippen LogP) is 1.51. The normalized spacial score (nSPS) is 18.9. The molecule has 0 radical (unpaired) electrons. The average molecular weight is 207 g/mol. The van der Waals surface area contributed by atoms with Gasteiger partial charge in [-0.3, -0.25) is 0 Å². The number of rotatable bonds is 2. The van der Waals surface area contributed by atoms with Crippen LogP contribution in [0.5, 0.6) is 5.75 Å². The van der Waals surface area contributed by atoms with E-state index < -0.39 is 12.0 Å². The maximum Gasteiger partial charge on any atom is 0.326 e. The van der Waals surface area contributed by atoms with E-state index in [-0.39, 0.29) is 0 Å². The highest BCUT2D eigenvalue weighted by Crippen LogP contribution is 2.33. The molecule has 4 heteroatoms. The summed E-state index contributed by atoms with van der Waals surface area (Å²) in [6.45, 7) is 0. The topological polar surface area (TPSA) is 58.6 Å². The zero-order valence-corrected chi connectivity index (χ0v) is 8.49. The van der Waals surface area contributed by atoms with Gasteiger partial charge in [-0.2, -0.15) is 0 Å². The largest absolute Gasteiger partial charge is 0.495 e. The van der Waals surface area contributed by atoms with E-state index in [0.29, 0.717) is 12.2 Å². The Morgan fingerprint density at radius 1 is 1.60 bits per heavy atom. The van der Waals surface area contributed by atoms with Crippen LogP contribution in [0.15, 0.2) is 18.2 Å². The zero-order chi connectivity index (χ0) is 10.8. The number of hydrogen-bond acceptors (Lipinski definition) is 3. The second-order valence-corrected chi connectivity index (χ2v) is 3.57. The molecule has 1 aromatic carbocycles. The van der Waals surface area contributed by atoms with Gasteiger partial charge in [0.1, 0.15) is 11.8 Å². The minimum absolute atomic E-state index is 0.506.